The Kier molecular flexibility index (Phi) is 6.12. The molecule has 3 aromatic rings. The molecule has 0 bridgehead atoms. The molecule has 1 N–H and O–H groups in total. The van der Waals surface area contributed by atoms with Crippen LogP contribution in [0.25, 0.3) is 0 Å². The summed E-state index contributed by atoms with van der Waals surface area (Å²) in [6, 6.07) is 11.8. The Morgan fingerprint density at radius 3 is 2.63 bits per heavy atom. The average Bonchev–Trinajstić information content (AvgIpc) is 3.14. The first-order valence-electron chi connectivity index (χ1n) is 9.78. The highest BCUT2D eigenvalue weighted by atomic mass is 32.2. The van der Waals surface area contributed by atoms with Gasteiger partial charge in [0.1, 0.15) is 11.6 Å². The van der Waals surface area contributed by atoms with E-state index in [-0.39, 0.29) is 17.2 Å². The van der Waals surface area contributed by atoms with Crippen LogP contribution in [-0.4, -0.2) is 35.8 Å². The van der Waals surface area contributed by atoms with Crippen molar-refractivity contribution in [2.75, 3.05) is 18.4 Å². The highest BCUT2D eigenvalue weighted by Gasteiger charge is 2.30. The molecule has 0 amide bonds. The third kappa shape index (κ3) is 4.85. The van der Waals surface area contributed by atoms with Crippen LogP contribution in [0.4, 0.5) is 15.3 Å². The smallest absolute Gasteiger partial charge is 0.218 e. The molecule has 3 heterocycles. The molecule has 4 rings (SSSR count). The summed E-state index contributed by atoms with van der Waals surface area (Å²) < 4.78 is 40.8. The fraction of sp³-hybridized carbons (Fsp3) is 0.333. The van der Waals surface area contributed by atoms with E-state index in [0.29, 0.717) is 25.9 Å². The minimum Gasteiger partial charge on any atom is -0.316 e. The number of aryl methyl sites for hydroxylation is 1. The predicted molar refractivity (Wildman–Crippen MR) is 117 cm³/mol. The van der Waals surface area contributed by atoms with Crippen LogP contribution in [0.15, 0.2) is 48.7 Å². The monoisotopic (exact) mass is 446 g/mol. The van der Waals surface area contributed by atoms with Crippen molar-refractivity contribution in [2.45, 2.75) is 31.4 Å². The van der Waals surface area contributed by atoms with E-state index >= 15 is 0 Å². The van der Waals surface area contributed by atoms with Crippen LogP contribution in [0.3, 0.4) is 0 Å². The molecule has 30 heavy (non-hydrogen) atoms. The van der Waals surface area contributed by atoms with Gasteiger partial charge < -0.3 is 5.32 Å². The number of rotatable bonds is 6. The van der Waals surface area contributed by atoms with Gasteiger partial charge in [-0.25, -0.2) is 27.1 Å². The molecule has 1 aliphatic rings. The van der Waals surface area contributed by atoms with Crippen molar-refractivity contribution in [3.05, 3.63) is 70.6 Å². The summed E-state index contributed by atoms with van der Waals surface area (Å²) in [6.07, 6.45) is 3.18. The Labute approximate surface area is 179 Å². The second-order valence-electron chi connectivity index (χ2n) is 7.37. The minimum absolute atomic E-state index is 0.185. The second kappa shape index (κ2) is 8.79. The summed E-state index contributed by atoms with van der Waals surface area (Å²) in [7, 11) is -3.56. The zero-order chi connectivity index (χ0) is 21.1. The number of halogens is 1. The van der Waals surface area contributed by atoms with Gasteiger partial charge >= 0.3 is 0 Å². The maximum Gasteiger partial charge on any atom is 0.218 e. The Bertz CT molecular complexity index is 1130. The molecule has 9 heteroatoms. The van der Waals surface area contributed by atoms with E-state index in [1.54, 1.807) is 23.5 Å². The molecule has 2 aromatic heterocycles. The fourth-order valence-electron chi connectivity index (χ4n) is 3.60. The van der Waals surface area contributed by atoms with E-state index in [1.807, 2.05) is 31.3 Å². The molecule has 1 aromatic carbocycles. The van der Waals surface area contributed by atoms with E-state index in [0.717, 1.165) is 21.5 Å². The number of nitrogens with zero attached hydrogens (tertiary/aromatic N) is 3. The standard InChI is InChI=1S/C21H23FN4O2S2/c1-15-13-23-21(29-15)25-20-8-4-7-19(24-20)16-9-11-26(12-10-16)30(27,28)14-17-5-2-3-6-18(17)22/h2-8,13,16H,9-12,14H2,1H3,(H,23,24,25). The quantitative estimate of drug-likeness (QED) is 0.606. The Hall–Kier alpha value is -2.36. The summed E-state index contributed by atoms with van der Waals surface area (Å²) in [5.41, 5.74) is 1.15. The van der Waals surface area contributed by atoms with Crippen molar-refractivity contribution in [3.63, 3.8) is 0 Å². The van der Waals surface area contributed by atoms with Crippen LogP contribution in [0.5, 0.6) is 0 Å². The van der Waals surface area contributed by atoms with Crippen LogP contribution in [-0.2, 0) is 15.8 Å². The maximum atomic E-state index is 13.9. The van der Waals surface area contributed by atoms with Gasteiger partial charge in [0, 0.05) is 41.3 Å². The molecular formula is C21H23FN4O2S2. The SMILES string of the molecule is Cc1cnc(Nc2cccc(C3CCN(S(=O)(=O)Cc4ccccc4F)CC3)n2)s1. The number of aromatic nitrogens is 2. The average molecular weight is 447 g/mol. The summed E-state index contributed by atoms with van der Waals surface area (Å²) in [4.78, 5) is 10.1. The lowest BCUT2D eigenvalue weighted by atomic mass is 9.94. The van der Waals surface area contributed by atoms with Crippen molar-refractivity contribution in [1.82, 2.24) is 14.3 Å². The lowest BCUT2D eigenvalue weighted by Crippen LogP contribution is -2.38. The van der Waals surface area contributed by atoms with Gasteiger partial charge in [-0.2, -0.15) is 0 Å². The number of piperidine rings is 1. The first-order valence-corrected chi connectivity index (χ1v) is 12.2. The van der Waals surface area contributed by atoms with Crippen LogP contribution < -0.4 is 5.32 Å². The van der Waals surface area contributed by atoms with Crippen molar-refractivity contribution < 1.29 is 12.8 Å². The van der Waals surface area contributed by atoms with E-state index < -0.39 is 15.8 Å². The molecular weight excluding hydrogens is 423 g/mol. The van der Waals surface area contributed by atoms with Gasteiger partial charge in [-0.3, -0.25) is 0 Å². The van der Waals surface area contributed by atoms with Gasteiger partial charge in [0.15, 0.2) is 5.13 Å². The molecule has 0 aliphatic carbocycles. The zero-order valence-corrected chi connectivity index (χ0v) is 18.2. The largest absolute Gasteiger partial charge is 0.316 e. The highest BCUT2D eigenvalue weighted by molar-refractivity contribution is 7.88. The van der Waals surface area contributed by atoms with E-state index in [2.05, 4.69) is 10.3 Å². The van der Waals surface area contributed by atoms with E-state index in [9.17, 15) is 12.8 Å². The summed E-state index contributed by atoms with van der Waals surface area (Å²) in [5.74, 6) is 0.121. The number of anilines is 2. The number of nitrogens with one attached hydrogen (secondary N) is 1. The summed E-state index contributed by atoms with van der Waals surface area (Å²) in [5, 5.41) is 4.02. The molecule has 0 unspecified atom stereocenters. The lowest BCUT2D eigenvalue weighted by molar-refractivity contribution is 0.316. The molecule has 6 nitrogen and oxygen atoms in total. The topological polar surface area (TPSA) is 75.2 Å². The molecule has 0 radical (unpaired) electrons. The van der Waals surface area contributed by atoms with Gasteiger partial charge in [-0.05, 0) is 38.0 Å². The number of benzene rings is 1. The Balaban J connectivity index is 1.39. The van der Waals surface area contributed by atoms with Crippen molar-refractivity contribution >= 4 is 32.3 Å². The van der Waals surface area contributed by atoms with Crippen LogP contribution in [0, 0.1) is 12.7 Å². The van der Waals surface area contributed by atoms with Crippen molar-refractivity contribution in [2.24, 2.45) is 0 Å². The van der Waals surface area contributed by atoms with E-state index in [4.69, 9.17) is 4.98 Å². The van der Waals surface area contributed by atoms with Gasteiger partial charge in [-0.15, -0.1) is 11.3 Å². The van der Waals surface area contributed by atoms with Crippen LogP contribution in [0.2, 0.25) is 0 Å². The number of pyridine rings is 1. The molecule has 0 spiro atoms. The molecule has 1 fully saturated rings. The highest BCUT2D eigenvalue weighted by Crippen LogP contribution is 2.30. The fourth-order valence-corrected chi connectivity index (χ4v) is 5.85. The molecule has 1 saturated heterocycles. The summed E-state index contributed by atoms with van der Waals surface area (Å²) >= 11 is 1.57. The van der Waals surface area contributed by atoms with Crippen molar-refractivity contribution in [3.8, 4) is 0 Å². The van der Waals surface area contributed by atoms with Crippen LogP contribution >= 0.6 is 11.3 Å². The minimum atomic E-state index is -3.56. The molecule has 1 aliphatic heterocycles. The third-order valence-corrected chi connectivity index (χ3v) is 7.84. The normalized spacial score (nSPS) is 15.9. The molecule has 0 atom stereocenters. The predicted octanol–water partition coefficient (Wildman–Crippen LogP) is 4.44. The third-order valence-electron chi connectivity index (χ3n) is 5.19. The van der Waals surface area contributed by atoms with E-state index in [1.165, 1.54) is 16.4 Å². The molecule has 0 saturated carbocycles. The molecule has 158 valence electrons. The van der Waals surface area contributed by atoms with Gasteiger partial charge in [-0.1, -0.05) is 24.3 Å². The van der Waals surface area contributed by atoms with Crippen molar-refractivity contribution in [1.29, 1.82) is 0 Å². The first-order chi connectivity index (χ1) is 14.4. The van der Waals surface area contributed by atoms with Crippen LogP contribution in [0.1, 0.15) is 34.9 Å². The summed E-state index contributed by atoms with van der Waals surface area (Å²) in [6.45, 7) is 2.82. The van der Waals surface area contributed by atoms with Gasteiger partial charge in [0.2, 0.25) is 10.0 Å². The Morgan fingerprint density at radius 2 is 1.93 bits per heavy atom. The zero-order valence-electron chi connectivity index (χ0n) is 16.6. The van der Waals surface area contributed by atoms with Gasteiger partial charge in [0.25, 0.3) is 0 Å². The Morgan fingerprint density at radius 1 is 1.17 bits per heavy atom. The number of hydrogen-bond donors (Lipinski definition) is 1. The van der Waals surface area contributed by atoms with Gasteiger partial charge in [0.05, 0.1) is 5.75 Å². The second-order valence-corrected chi connectivity index (χ2v) is 10.6. The number of thiazole rings is 1. The number of sulfonamides is 1. The number of hydrogen-bond acceptors (Lipinski definition) is 6. The maximum absolute atomic E-state index is 13.9. The lowest BCUT2D eigenvalue weighted by Gasteiger charge is -2.31. The first kappa shape index (κ1) is 20.9.